The minimum absolute atomic E-state index is 0.226. The average molecular weight is 304 g/mol. The zero-order chi connectivity index (χ0) is 15.8. The van der Waals surface area contributed by atoms with Crippen LogP contribution in [0.3, 0.4) is 0 Å². The fraction of sp³-hybridized carbons (Fsp3) is 0.611. The van der Waals surface area contributed by atoms with E-state index in [0.29, 0.717) is 12.5 Å². The Morgan fingerprint density at radius 2 is 1.95 bits per heavy atom. The predicted molar refractivity (Wildman–Crippen MR) is 88.4 cm³/mol. The molecule has 22 heavy (non-hydrogen) atoms. The molecule has 0 radical (unpaired) electrons. The zero-order valence-corrected chi connectivity index (χ0v) is 13.6. The number of benzene rings is 1. The van der Waals surface area contributed by atoms with Crippen molar-refractivity contribution in [2.45, 2.75) is 45.2 Å². The first kappa shape index (κ1) is 17.0. The minimum Gasteiger partial charge on any atom is -0.396 e. The lowest BCUT2D eigenvalue weighted by molar-refractivity contribution is -0.134. The van der Waals surface area contributed by atoms with Gasteiger partial charge in [0.2, 0.25) is 5.91 Å². The molecule has 0 saturated carbocycles. The molecule has 4 nitrogen and oxygen atoms in total. The summed E-state index contributed by atoms with van der Waals surface area (Å²) in [5.74, 6) is 0.268. The van der Waals surface area contributed by atoms with E-state index in [1.807, 2.05) is 11.0 Å². The van der Waals surface area contributed by atoms with Gasteiger partial charge in [-0.25, -0.2) is 0 Å². The van der Waals surface area contributed by atoms with Crippen LogP contribution in [0.1, 0.15) is 38.2 Å². The number of unbranched alkanes of at least 4 members (excludes halogenated alkanes) is 2. The third kappa shape index (κ3) is 5.11. The molecule has 1 aromatic rings. The summed E-state index contributed by atoms with van der Waals surface area (Å²) in [4.78, 5) is 16.7. The molecule has 122 valence electrons. The summed E-state index contributed by atoms with van der Waals surface area (Å²) in [6.45, 7) is 5.98. The van der Waals surface area contributed by atoms with Crippen LogP contribution in [0.5, 0.6) is 0 Å². The second kappa shape index (κ2) is 8.91. The topological polar surface area (TPSA) is 43.8 Å². The Labute approximate surface area is 133 Å². The van der Waals surface area contributed by atoms with Gasteiger partial charge in [-0.3, -0.25) is 9.69 Å². The molecule has 2 rings (SSSR count). The molecule has 1 amide bonds. The molecule has 1 N–H and O–H groups in total. The van der Waals surface area contributed by atoms with Crippen LogP contribution in [-0.2, 0) is 11.3 Å². The molecule has 0 bridgehead atoms. The minimum atomic E-state index is 0.226. The number of rotatable bonds is 7. The van der Waals surface area contributed by atoms with Crippen molar-refractivity contribution in [2.75, 3.05) is 26.2 Å². The van der Waals surface area contributed by atoms with E-state index in [1.54, 1.807) is 0 Å². The molecular weight excluding hydrogens is 276 g/mol. The van der Waals surface area contributed by atoms with Crippen LogP contribution in [-0.4, -0.2) is 53.1 Å². The van der Waals surface area contributed by atoms with Crippen molar-refractivity contribution in [3.63, 3.8) is 0 Å². The number of hydrogen-bond donors (Lipinski definition) is 1. The number of hydrogen-bond acceptors (Lipinski definition) is 3. The number of piperazine rings is 1. The summed E-state index contributed by atoms with van der Waals surface area (Å²) in [5.41, 5.74) is 1.33. The highest BCUT2D eigenvalue weighted by atomic mass is 16.2. The van der Waals surface area contributed by atoms with Gasteiger partial charge in [0.05, 0.1) is 0 Å². The van der Waals surface area contributed by atoms with E-state index in [1.165, 1.54) is 5.56 Å². The van der Waals surface area contributed by atoms with Crippen molar-refractivity contribution in [3.8, 4) is 0 Å². The second-order valence-electron chi connectivity index (χ2n) is 6.18. The highest BCUT2D eigenvalue weighted by Gasteiger charge is 2.26. The van der Waals surface area contributed by atoms with Crippen LogP contribution in [0.2, 0.25) is 0 Å². The first-order valence-electron chi connectivity index (χ1n) is 8.37. The third-order valence-electron chi connectivity index (χ3n) is 4.40. The Balaban J connectivity index is 1.76. The highest BCUT2D eigenvalue weighted by Crippen LogP contribution is 2.15. The first-order valence-corrected chi connectivity index (χ1v) is 8.37. The maximum absolute atomic E-state index is 12.2. The van der Waals surface area contributed by atoms with E-state index < -0.39 is 0 Å². The summed E-state index contributed by atoms with van der Waals surface area (Å²) < 4.78 is 0. The van der Waals surface area contributed by atoms with Crippen LogP contribution in [0.25, 0.3) is 0 Å². The number of nitrogens with zero attached hydrogens (tertiary/aromatic N) is 2. The quantitative estimate of drug-likeness (QED) is 0.786. The fourth-order valence-corrected chi connectivity index (χ4v) is 3.00. The summed E-state index contributed by atoms with van der Waals surface area (Å²) in [5, 5.41) is 8.76. The van der Waals surface area contributed by atoms with E-state index >= 15 is 0 Å². The normalized spacial score (nSPS) is 19.4. The van der Waals surface area contributed by atoms with Gasteiger partial charge in [0.25, 0.3) is 0 Å². The van der Waals surface area contributed by atoms with Crippen molar-refractivity contribution in [3.05, 3.63) is 35.9 Å². The lowest BCUT2D eigenvalue weighted by atomic mass is 10.1. The van der Waals surface area contributed by atoms with Crippen molar-refractivity contribution >= 4 is 5.91 Å². The van der Waals surface area contributed by atoms with Gasteiger partial charge >= 0.3 is 0 Å². The van der Waals surface area contributed by atoms with Gasteiger partial charge in [0.1, 0.15) is 0 Å². The van der Waals surface area contributed by atoms with Crippen molar-refractivity contribution in [1.29, 1.82) is 0 Å². The van der Waals surface area contributed by atoms with Gasteiger partial charge in [-0.2, -0.15) is 0 Å². The van der Waals surface area contributed by atoms with Gasteiger partial charge in [0.15, 0.2) is 0 Å². The Bertz CT molecular complexity index is 450. The summed E-state index contributed by atoms with van der Waals surface area (Å²) in [7, 11) is 0. The number of carbonyl (C=O) groups is 1. The maximum Gasteiger partial charge on any atom is 0.222 e. The van der Waals surface area contributed by atoms with Crippen LogP contribution in [0.4, 0.5) is 0 Å². The molecule has 1 aromatic carbocycles. The lowest BCUT2D eigenvalue weighted by Gasteiger charge is -2.40. The van der Waals surface area contributed by atoms with Crippen LogP contribution in [0.15, 0.2) is 30.3 Å². The molecule has 0 aromatic heterocycles. The molecule has 1 heterocycles. The molecule has 1 unspecified atom stereocenters. The van der Waals surface area contributed by atoms with E-state index in [-0.39, 0.29) is 12.5 Å². The molecule has 1 aliphatic heterocycles. The molecule has 4 heteroatoms. The number of aliphatic hydroxyl groups excluding tert-OH is 1. The zero-order valence-electron chi connectivity index (χ0n) is 13.6. The third-order valence-corrected chi connectivity index (χ3v) is 4.40. The smallest absolute Gasteiger partial charge is 0.222 e. The largest absolute Gasteiger partial charge is 0.396 e. The summed E-state index contributed by atoms with van der Waals surface area (Å²) in [6.07, 6.45) is 3.24. The summed E-state index contributed by atoms with van der Waals surface area (Å²) >= 11 is 0. The van der Waals surface area contributed by atoms with Crippen molar-refractivity contribution in [2.24, 2.45) is 0 Å². The Kier molecular flexibility index (Phi) is 6.87. The SMILES string of the molecule is CC1CN(C(=O)CCCCCO)CCN1Cc1ccccc1. The average Bonchev–Trinajstić information content (AvgIpc) is 2.54. The van der Waals surface area contributed by atoms with Crippen molar-refractivity contribution in [1.82, 2.24) is 9.80 Å². The molecule has 1 atom stereocenters. The van der Waals surface area contributed by atoms with Gasteiger partial charge in [0, 0.05) is 45.2 Å². The van der Waals surface area contributed by atoms with E-state index in [4.69, 9.17) is 5.11 Å². The Morgan fingerprint density at radius 1 is 1.18 bits per heavy atom. The monoisotopic (exact) mass is 304 g/mol. The predicted octanol–water partition coefficient (Wildman–Crippen LogP) is 2.27. The Hall–Kier alpha value is -1.39. The van der Waals surface area contributed by atoms with Crippen LogP contribution >= 0.6 is 0 Å². The van der Waals surface area contributed by atoms with E-state index in [9.17, 15) is 4.79 Å². The molecular formula is C18H28N2O2. The molecule has 0 spiro atoms. The first-order chi connectivity index (χ1) is 10.7. The highest BCUT2D eigenvalue weighted by molar-refractivity contribution is 5.76. The van der Waals surface area contributed by atoms with E-state index in [0.717, 1.165) is 45.4 Å². The molecule has 1 aliphatic rings. The number of carbonyl (C=O) groups excluding carboxylic acids is 1. The standard InChI is InChI=1S/C18H28N2O2/c1-16-14-20(18(22)10-6-3-7-13-21)12-11-19(16)15-17-8-4-2-5-9-17/h2,4-5,8-9,16,21H,3,6-7,10-15H2,1H3. The van der Waals surface area contributed by atoms with Gasteiger partial charge in [-0.15, -0.1) is 0 Å². The molecule has 1 fully saturated rings. The fourth-order valence-electron chi connectivity index (χ4n) is 3.00. The number of amides is 1. The van der Waals surface area contributed by atoms with Gasteiger partial charge in [-0.05, 0) is 25.3 Å². The van der Waals surface area contributed by atoms with Gasteiger partial charge in [-0.1, -0.05) is 36.8 Å². The molecule has 0 aliphatic carbocycles. The van der Waals surface area contributed by atoms with Crippen LogP contribution < -0.4 is 0 Å². The van der Waals surface area contributed by atoms with Gasteiger partial charge < -0.3 is 10.0 Å². The molecule has 1 saturated heterocycles. The number of aliphatic hydroxyl groups is 1. The summed E-state index contributed by atoms with van der Waals surface area (Å²) in [6, 6.07) is 10.9. The second-order valence-corrected chi connectivity index (χ2v) is 6.18. The maximum atomic E-state index is 12.2. The lowest BCUT2D eigenvalue weighted by Crippen LogP contribution is -2.53. The Morgan fingerprint density at radius 3 is 2.64 bits per heavy atom. The van der Waals surface area contributed by atoms with Crippen molar-refractivity contribution < 1.29 is 9.90 Å². The van der Waals surface area contributed by atoms with E-state index in [2.05, 4.69) is 36.1 Å². The van der Waals surface area contributed by atoms with Crippen LogP contribution in [0, 0.1) is 0 Å².